The Balaban J connectivity index is 2.13. The summed E-state index contributed by atoms with van der Waals surface area (Å²) < 4.78 is 42.7. The summed E-state index contributed by atoms with van der Waals surface area (Å²) in [7, 11) is 0. The van der Waals surface area contributed by atoms with Crippen LogP contribution in [0.3, 0.4) is 0 Å². The van der Waals surface area contributed by atoms with Gasteiger partial charge in [0.2, 0.25) is 0 Å². The first-order chi connectivity index (χ1) is 11.9. The Bertz CT molecular complexity index is 911. The molecule has 2 heterocycles. The van der Waals surface area contributed by atoms with Crippen LogP contribution in [0.5, 0.6) is 5.75 Å². The molecule has 0 unspecified atom stereocenters. The summed E-state index contributed by atoms with van der Waals surface area (Å²) in [5.41, 5.74) is 1.11. The Morgan fingerprint density at radius 1 is 1.28 bits per heavy atom. The van der Waals surface area contributed by atoms with Gasteiger partial charge in [0.05, 0.1) is 5.69 Å². The van der Waals surface area contributed by atoms with Gasteiger partial charge in [-0.15, -0.1) is 13.2 Å². The summed E-state index contributed by atoms with van der Waals surface area (Å²) >= 11 is 5.90. The standard InChI is InChI=1S/C16H8ClF3N3O2/c17-11-4-10(5-14(6-11)25-16(18,19)20)15-7-12(9-24)22-23(15)13-2-1-3-21-8-13/h1-7,9H/q+1. The van der Waals surface area contributed by atoms with Crippen molar-refractivity contribution in [3.05, 3.63) is 59.5 Å². The molecule has 0 spiro atoms. The van der Waals surface area contributed by atoms with E-state index in [2.05, 4.69) is 21.0 Å². The zero-order chi connectivity index (χ0) is 18.0. The van der Waals surface area contributed by atoms with E-state index >= 15 is 0 Å². The lowest BCUT2D eigenvalue weighted by Crippen LogP contribution is -2.17. The maximum absolute atomic E-state index is 12.5. The Kier molecular flexibility index (Phi) is 4.33. The zero-order valence-corrected chi connectivity index (χ0v) is 13.0. The van der Waals surface area contributed by atoms with Gasteiger partial charge in [0, 0.05) is 16.7 Å². The number of carbonyl (C=O) groups is 1. The van der Waals surface area contributed by atoms with Gasteiger partial charge >= 0.3 is 18.8 Å². The third kappa shape index (κ3) is 3.89. The first-order valence-corrected chi connectivity index (χ1v) is 7.18. The molecule has 0 bridgehead atoms. The topological polar surface area (TPSA) is 58.2 Å². The molecular weight excluding hydrogens is 359 g/mol. The number of halogens is 4. The number of hydrogen-bond acceptors (Lipinski definition) is 3. The van der Waals surface area contributed by atoms with Crippen LogP contribution in [0.4, 0.5) is 13.2 Å². The number of nitrogens with zero attached hydrogens (tertiary/aromatic N) is 3. The molecule has 0 saturated heterocycles. The molecule has 0 atom stereocenters. The van der Waals surface area contributed by atoms with Gasteiger partial charge in [0.1, 0.15) is 11.4 Å². The molecule has 0 aliphatic heterocycles. The highest BCUT2D eigenvalue weighted by Crippen LogP contribution is 2.32. The Morgan fingerprint density at radius 3 is 2.72 bits per heavy atom. The van der Waals surface area contributed by atoms with Gasteiger partial charge in [0.25, 0.3) is 0 Å². The van der Waals surface area contributed by atoms with Gasteiger partial charge in [-0.2, -0.15) is 5.10 Å². The third-order valence-electron chi connectivity index (χ3n) is 3.07. The van der Waals surface area contributed by atoms with Gasteiger partial charge in [-0.1, -0.05) is 11.6 Å². The number of aldehydes is 1. The van der Waals surface area contributed by atoms with Gasteiger partial charge in [-0.25, -0.2) is 4.68 Å². The SMILES string of the molecule is O=Cc1cc(-c2cc(Cl)cc(OC(F)(F)F)c2)n(-c2c#[n+]ccc2)n1. The van der Waals surface area contributed by atoms with Crippen LogP contribution < -0.4 is 9.72 Å². The van der Waals surface area contributed by atoms with E-state index in [1.54, 1.807) is 12.1 Å². The van der Waals surface area contributed by atoms with Crippen LogP contribution in [-0.2, 0) is 0 Å². The number of benzene rings is 1. The van der Waals surface area contributed by atoms with Gasteiger partial charge in [0.15, 0.2) is 12.0 Å². The molecule has 0 saturated carbocycles. The highest BCUT2D eigenvalue weighted by Gasteiger charge is 2.31. The van der Waals surface area contributed by atoms with Crippen LogP contribution in [0, 0.1) is 6.20 Å². The van der Waals surface area contributed by atoms with Crippen molar-refractivity contribution in [2.24, 2.45) is 0 Å². The van der Waals surface area contributed by atoms with Crippen LogP contribution in [-0.4, -0.2) is 22.4 Å². The summed E-state index contributed by atoms with van der Waals surface area (Å²) in [6.45, 7) is 0. The van der Waals surface area contributed by atoms with Gasteiger partial charge in [-0.3, -0.25) is 4.79 Å². The van der Waals surface area contributed by atoms with Crippen LogP contribution in [0.15, 0.2) is 42.6 Å². The van der Waals surface area contributed by atoms with E-state index in [-0.39, 0.29) is 16.3 Å². The summed E-state index contributed by atoms with van der Waals surface area (Å²) in [5, 5.41) is 4.12. The van der Waals surface area contributed by atoms with Crippen LogP contribution in [0.1, 0.15) is 10.5 Å². The fourth-order valence-electron chi connectivity index (χ4n) is 2.19. The maximum atomic E-state index is 12.5. The van der Waals surface area contributed by atoms with E-state index in [4.69, 9.17) is 11.6 Å². The summed E-state index contributed by atoms with van der Waals surface area (Å²) in [6, 6.07) is 8.30. The molecule has 0 fully saturated rings. The lowest BCUT2D eigenvalue weighted by molar-refractivity contribution is -0.293. The number of hydrogen-bond donors (Lipinski definition) is 0. The molecule has 9 heteroatoms. The average molecular weight is 367 g/mol. The fourth-order valence-corrected chi connectivity index (χ4v) is 2.41. The molecule has 5 nitrogen and oxygen atoms in total. The number of ether oxygens (including phenoxy) is 1. The summed E-state index contributed by atoms with van der Waals surface area (Å²) in [5.74, 6) is -0.481. The zero-order valence-electron chi connectivity index (χ0n) is 12.3. The van der Waals surface area contributed by atoms with Crippen LogP contribution in [0.25, 0.3) is 16.9 Å². The minimum atomic E-state index is -4.85. The van der Waals surface area contributed by atoms with Gasteiger partial charge < -0.3 is 4.74 Å². The predicted octanol–water partition coefficient (Wildman–Crippen LogP) is 3.30. The highest BCUT2D eigenvalue weighted by molar-refractivity contribution is 6.31. The monoisotopic (exact) mass is 366 g/mol. The Labute approximate surface area is 144 Å². The molecule has 1 aromatic carbocycles. The van der Waals surface area contributed by atoms with E-state index in [0.29, 0.717) is 17.7 Å². The second-order valence-electron chi connectivity index (χ2n) is 4.84. The maximum Gasteiger partial charge on any atom is 0.573 e. The smallest absolute Gasteiger partial charge is 0.406 e. The van der Waals surface area contributed by atoms with E-state index in [1.165, 1.54) is 23.0 Å². The van der Waals surface area contributed by atoms with Crippen molar-refractivity contribution in [3.63, 3.8) is 0 Å². The normalized spacial score (nSPS) is 11.0. The first kappa shape index (κ1) is 16.8. The molecule has 25 heavy (non-hydrogen) atoms. The van der Waals surface area contributed by atoms with Crippen molar-refractivity contribution >= 4 is 17.9 Å². The largest absolute Gasteiger partial charge is 0.573 e. The van der Waals surface area contributed by atoms with E-state index < -0.39 is 12.1 Å². The molecular formula is C16H8ClF3N3O2+. The summed E-state index contributed by atoms with van der Waals surface area (Å²) in [6.07, 6.45) is -0.140. The predicted molar refractivity (Wildman–Crippen MR) is 80.5 cm³/mol. The number of aromatic nitrogens is 3. The van der Waals surface area contributed by atoms with Crippen molar-refractivity contribution in [2.45, 2.75) is 6.36 Å². The lowest BCUT2D eigenvalue weighted by atomic mass is 10.1. The van der Waals surface area contributed by atoms with Crippen molar-refractivity contribution in [1.29, 1.82) is 0 Å². The van der Waals surface area contributed by atoms with E-state index in [9.17, 15) is 18.0 Å². The van der Waals surface area contributed by atoms with Crippen LogP contribution >= 0.6 is 11.6 Å². The second kappa shape index (κ2) is 6.45. The highest BCUT2D eigenvalue weighted by atomic mass is 35.5. The van der Waals surface area contributed by atoms with Crippen LogP contribution in [0.2, 0.25) is 5.02 Å². The molecule has 0 N–H and O–H groups in total. The van der Waals surface area contributed by atoms with E-state index in [1.807, 2.05) is 0 Å². The summed E-state index contributed by atoms with van der Waals surface area (Å²) in [4.78, 5) is 14.9. The molecule has 0 aliphatic carbocycles. The quantitative estimate of drug-likeness (QED) is 0.665. The average Bonchev–Trinajstić information content (AvgIpc) is 2.98. The molecule has 0 radical (unpaired) electrons. The molecule has 126 valence electrons. The van der Waals surface area contributed by atoms with Gasteiger partial charge in [-0.05, 0) is 35.3 Å². The fraction of sp³-hybridized carbons (Fsp3) is 0.0625. The lowest BCUT2D eigenvalue weighted by Gasteiger charge is -2.11. The van der Waals surface area contributed by atoms with E-state index in [0.717, 1.165) is 12.1 Å². The van der Waals surface area contributed by atoms with Crippen molar-refractivity contribution in [3.8, 4) is 22.7 Å². The minimum absolute atomic E-state index is 0.0346. The molecule has 3 aromatic rings. The molecule has 0 amide bonds. The molecule has 3 rings (SSSR count). The number of alkyl halides is 3. The third-order valence-corrected chi connectivity index (χ3v) is 3.29. The van der Waals surface area contributed by atoms with Crippen molar-refractivity contribution < 1.29 is 27.7 Å². The number of carbonyl (C=O) groups excluding carboxylic acids is 1. The Morgan fingerprint density at radius 2 is 2.08 bits per heavy atom. The second-order valence-corrected chi connectivity index (χ2v) is 5.28. The van der Waals surface area contributed by atoms with Crippen molar-refractivity contribution in [2.75, 3.05) is 0 Å². The Hall–Kier alpha value is -3.05. The first-order valence-electron chi connectivity index (χ1n) is 6.81. The minimum Gasteiger partial charge on any atom is -0.406 e. The number of rotatable bonds is 4. The van der Waals surface area contributed by atoms with Crippen molar-refractivity contribution in [1.82, 2.24) is 9.78 Å². The molecule has 0 aliphatic rings. The molecule has 2 aromatic heterocycles.